The van der Waals surface area contributed by atoms with E-state index in [4.69, 9.17) is 15.7 Å². The van der Waals surface area contributed by atoms with E-state index in [1.165, 1.54) is 0 Å². The highest BCUT2D eigenvalue weighted by atomic mass is 16.6. The van der Waals surface area contributed by atoms with E-state index in [1.807, 2.05) is 0 Å². The van der Waals surface area contributed by atoms with Crippen LogP contribution in [0.25, 0.3) is 0 Å². The highest BCUT2D eigenvalue weighted by Gasteiger charge is 2.10. The number of rotatable bonds is 6. The lowest BCUT2D eigenvalue weighted by Gasteiger charge is -2.07. The minimum absolute atomic E-state index is 0.250. The molecule has 0 heterocycles. The molecule has 70 valence electrons. The summed E-state index contributed by atoms with van der Waals surface area (Å²) in [5.41, 5.74) is 8.37. The molecular formula is C7H14N2O3. The van der Waals surface area contributed by atoms with Gasteiger partial charge < -0.3 is 10.8 Å². The van der Waals surface area contributed by atoms with Crippen LogP contribution in [0, 0.1) is 0 Å². The fourth-order valence-electron chi connectivity index (χ4n) is 0.484. The molecule has 0 aromatic heterocycles. The van der Waals surface area contributed by atoms with Crippen LogP contribution in [0.15, 0.2) is 12.3 Å². The van der Waals surface area contributed by atoms with Crippen LogP contribution in [0.1, 0.15) is 13.3 Å². The Hall–Kier alpha value is -1.07. The molecule has 5 heteroatoms. The summed E-state index contributed by atoms with van der Waals surface area (Å²) in [6.45, 7) is 5.51. The summed E-state index contributed by atoms with van der Waals surface area (Å²) in [7, 11) is 0. The van der Waals surface area contributed by atoms with Crippen LogP contribution in [0.4, 0.5) is 0 Å². The summed E-state index contributed by atoms with van der Waals surface area (Å²) >= 11 is 0. The number of hydrogen-bond donors (Lipinski definition) is 3. The van der Waals surface area contributed by atoms with Crippen LogP contribution >= 0.6 is 0 Å². The van der Waals surface area contributed by atoms with E-state index >= 15 is 0 Å². The van der Waals surface area contributed by atoms with Crippen LogP contribution in [0.2, 0.25) is 0 Å². The van der Waals surface area contributed by atoms with Gasteiger partial charge in [-0.05, 0) is 13.3 Å². The molecule has 1 unspecified atom stereocenters. The van der Waals surface area contributed by atoms with Crippen molar-refractivity contribution in [3.05, 3.63) is 12.3 Å². The van der Waals surface area contributed by atoms with E-state index in [1.54, 1.807) is 6.92 Å². The SMILES string of the molecule is C=C(C)NOCCC(N)C(=O)O. The van der Waals surface area contributed by atoms with Crippen molar-refractivity contribution in [3.8, 4) is 0 Å². The molecule has 4 N–H and O–H groups in total. The number of nitrogens with one attached hydrogen (secondary N) is 1. The standard InChI is InChI=1S/C7H14N2O3/c1-5(2)9-12-4-3-6(8)7(10)11/h6,9H,1,3-4,8H2,2H3,(H,10,11). The molecule has 12 heavy (non-hydrogen) atoms. The number of hydroxylamine groups is 1. The average molecular weight is 174 g/mol. The summed E-state index contributed by atoms with van der Waals surface area (Å²) in [4.78, 5) is 15.0. The normalized spacial score (nSPS) is 12.2. The summed E-state index contributed by atoms with van der Waals surface area (Å²) in [5.74, 6) is -1.02. The van der Waals surface area contributed by atoms with E-state index in [-0.39, 0.29) is 13.0 Å². The third-order valence-electron chi connectivity index (χ3n) is 1.09. The van der Waals surface area contributed by atoms with E-state index in [0.717, 1.165) is 0 Å². The van der Waals surface area contributed by atoms with Crippen LogP contribution < -0.4 is 11.2 Å². The fourth-order valence-corrected chi connectivity index (χ4v) is 0.484. The lowest BCUT2D eigenvalue weighted by molar-refractivity contribution is -0.139. The second-order valence-corrected chi connectivity index (χ2v) is 2.46. The summed E-state index contributed by atoms with van der Waals surface area (Å²) in [6, 6.07) is -0.864. The van der Waals surface area contributed by atoms with Gasteiger partial charge in [-0.25, -0.2) is 0 Å². The monoisotopic (exact) mass is 174 g/mol. The van der Waals surface area contributed by atoms with Crippen molar-refractivity contribution < 1.29 is 14.7 Å². The predicted molar refractivity (Wildman–Crippen MR) is 44.1 cm³/mol. The number of carboxylic acids is 1. The zero-order valence-electron chi connectivity index (χ0n) is 7.04. The zero-order valence-corrected chi connectivity index (χ0v) is 7.04. The maximum atomic E-state index is 10.2. The Bertz CT molecular complexity index is 170. The Morgan fingerprint density at radius 3 is 2.83 bits per heavy atom. The minimum Gasteiger partial charge on any atom is -0.480 e. The molecule has 0 saturated heterocycles. The highest BCUT2D eigenvalue weighted by Crippen LogP contribution is 1.89. The molecule has 1 atom stereocenters. The molecule has 0 amide bonds. The quantitative estimate of drug-likeness (QED) is 0.385. The van der Waals surface area contributed by atoms with E-state index in [2.05, 4.69) is 12.1 Å². The van der Waals surface area contributed by atoms with E-state index < -0.39 is 12.0 Å². The number of aliphatic carboxylic acids is 1. The molecule has 0 fully saturated rings. The third kappa shape index (κ3) is 5.70. The van der Waals surface area contributed by atoms with Crippen molar-refractivity contribution in [1.29, 1.82) is 0 Å². The molecule has 0 radical (unpaired) electrons. The van der Waals surface area contributed by atoms with E-state index in [9.17, 15) is 4.79 Å². The maximum absolute atomic E-state index is 10.2. The number of nitrogens with two attached hydrogens (primary N) is 1. The van der Waals surface area contributed by atoms with Gasteiger partial charge in [-0.2, -0.15) is 0 Å². The van der Waals surface area contributed by atoms with Crippen molar-refractivity contribution in [3.63, 3.8) is 0 Å². The molecular weight excluding hydrogens is 160 g/mol. The highest BCUT2D eigenvalue weighted by molar-refractivity contribution is 5.72. The van der Waals surface area contributed by atoms with E-state index in [0.29, 0.717) is 5.70 Å². The first kappa shape index (κ1) is 10.9. The molecule has 0 aliphatic carbocycles. The second-order valence-electron chi connectivity index (χ2n) is 2.46. The molecule has 0 saturated carbocycles. The molecule has 0 spiro atoms. The molecule has 0 aromatic rings. The molecule has 0 aliphatic heterocycles. The number of hydrogen-bond acceptors (Lipinski definition) is 4. The largest absolute Gasteiger partial charge is 0.480 e. The molecule has 0 aliphatic rings. The predicted octanol–water partition coefficient (Wildman–Crippen LogP) is -0.157. The second kappa shape index (κ2) is 5.56. The Morgan fingerprint density at radius 1 is 1.83 bits per heavy atom. The zero-order chi connectivity index (χ0) is 9.56. The van der Waals surface area contributed by atoms with Crippen molar-refractivity contribution in [2.75, 3.05) is 6.61 Å². The van der Waals surface area contributed by atoms with Gasteiger partial charge in [0.05, 0.1) is 6.61 Å². The van der Waals surface area contributed by atoms with Crippen LogP contribution in [-0.2, 0) is 9.63 Å². The molecule has 5 nitrogen and oxygen atoms in total. The summed E-state index contributed by atoms with van der Waals surface area (Å²) in [6.07, 6.45) is 0.273. The molecule has 0 aromatic carbocycles. The van der Waals surface area contributed by atoms with Crippen molar-refractivity contribution in [1.82, 2.24) is 5.48 Å². The number of carbonyl (C=O) groups is 1. The number of allylic oxidation sites excluding steroid dienone is 1. The summed E-state index contributed by atoms with van der Waals surface area (Å²) < 4.78 is 0. The Labute approximate surface area is 71.2 Å². The van der Waals surface area contributed by atoms with Crippen molar-refractivity contribution in [2.24, 2.45) is 5.73 Å². The first-order chi connectivity index (χ1) is 5.54. The van der Waals surface area contributed by atoms with Gasteiger partial charge in [0, 0.05) is 5.70 Å². The Balaban J connectivity index is 3.31. The van der Waals surface area contributed by atoms with Crippen molar-refractivity contribution >= 4 is 5.97 Å². The van der Waals surface area contributed by atoms with Crippen LogP contribution in [0.5, 0.6) is 0 Å². The maximum Gasteiger partial charge on any atom is 0.320 e. The van der Waals surface area contributed by atoms with Gasteiger partial charge in [0.2, 0.25) is 0 Å². The van der Waals surface area contributed by atoms with Gasteiger partial charge in [-0.3, -0.25) is 15.1 Å². The first-order valence-corrected chi connectivity index (χ1v) is 3.55. The van der Waals surface area contributed by atoms with Gasteiger partial charge >= 0.3 is 5.97 Å². The van der Waals surface area contributed by atoms with Crippen LogP contribution in [0.3, 0.4) is 0 Å². The van der Waals surface area contributed by atoms with Gasteiger partial charge in [0.1, 0.15) is 6.04 Å². The van der Waals surface area contributed by atoms with Gasteiger partial charge in [0.15, 0.2) is 0 Å². The number of carboxylic acid groups (broad SMARTS) is 1. The third-order valence-corrected chi connectivity index (χ3v) is 1.09. The van der Waals surface area contributed by atoms with Crippen LogP contribution in [-0.4, -0.2) is 23.7 Å². The van der Waals surface area contributed by atoms with Gasteiger partial charge in [-0.1, -0.05) is 6.58 Å². The molecule has 0 rings (SSSR count). The smallest absolute Gasteiger partial charge is 0.320 e. The average Bonchev–Trinajstić information content (AvgIpc) is 1.97. The minimum atomic E-state index is -1.02. The van der Waals surface area contributed by atoms with Gasteiger partial charge in [0.25, 0.3) is 0 Å². The summed E-state index contributed by atoms with van der Waals surface area (Å²) in [5, 5.41) is 8.37. The van der Waals surface area contributed by atoms with Gasteiger partial charge in [-0.15, -0.1) is 0 Å². The lowest BCUT2D eigenvalue weighted by Crippen LogP contribution is -2.32. The lowest BCUT2D eigenvalue weighted by atomic mass is 10.2. The fraction of sp³-hybridized carbons (Fsp3) is 0.571. The Kier molecular flexibility index (Phi) is 5.07. The Morgan fingerprint density at radius 2 is 2.42 bits per heavy atom. The molecule has 0 bridgehead atoms. The topological polar surface area (TPSA) is 84.6 Å². The van der Waals surface area contributed by atoms with Crippen molar-refractivity contribution in [2.45, 2.75) is 19.4 Å². The first-order valence-electron chi connectivity index (χ1n) is 3.55.